The number of carboxylic acids is 1. The average molecular weight is 346 g/mol. The lowest BCUT2D eigenvalue weighted by molar-refractivity contribution is -0.192. The first kappa shape index (κ1) is 17.0. The van der Waals surface area contributed by atoms with Crippen molar-refractivity contribution in [2.45, 2.75) is 57.7 Å². The van der Waals surface area contributed by atoms with Crippen molar-refractivity contribution in [3.8, 4) is 0 Å². The molecular formula is C20H26O5. The van der Waals surface area contributed by atoms with Gasteiger partial charge in [-0.3, -0.25) is 4.79 Å². The second-order valence-corrected chi connectivity index (χ2v) is 8.92. The summed E-state index contributed by atoms with van der Waals surface area (Å²) >= 11 is 0. The molecule has 0 aromatic rings. The van der Waals surface area contributed by atoms with Gasteiger partial charge in [-0.1, -0.05) is 25.5 Å². The Morgan fingerprint density at radius 2 is 2.00 bits per heavy atom. The van der Waals surface area contributed by atoms with E-state index in [2.05, 4.69) is 6.92 Å². The Kier molecular flexibility index (Phi) is 3.42. The maximum atomic E-state index is 11.8. The van der Waals surface area contributed by atoms with Crippen LogP contribution in [0, 0.1) is 28.6 Å². The van der Waals surface area contributed by atoms with Crippen LogP contribution in [0.5, 0.6) is 0 Å². The normalized spacial score (nSPS) is 51.4. The van der Waals surface area contributed by atoms with Gasteiger partial charge in [-0.15, -0.1) is 0 Å². The largest absolute Gasteiger partial charge is 0.479 e. The molecule has 0 saturated heterocycles. The van der Waals surface area contributed by atoms with E-state index in [1.54, 1.807) is 12.2 Å². The lowest BCUT2D eigenvalue weighted by Gasteiger charge is -2.59. The first-order valence-electron chi connectivity index (χ1n) is 9.21. The summed E-state index contributed by atoms with van der Waals surface area (Å²) in [5, 5.41) is 31.6. The average Bonchev–Trinajstić information content (AvgIpc) is 2.80. The molecule has 4 rings (SSSR count). The molecule has 5 nitrogen and oxygen atoms in total. The fraction of sp³-hybridized carbons (Fsp3) is 0.700. The van der Waals surface area contributed by atoms with Crippen LogP contribution in [-0.4, -0.2) is 38.8 Å². The van der Waals surface area contributed by atoms with E-state index in [1.807, 2.05) is 13.0 Å². The first-order chi connectivity index (χ1) is 11.6. The fourth-order valence-corrected chi connectivity index (χ4v) is 6.68. The third kappa shape index (κ3) is 1.97. The molecule has 5 heteroatoms. The summed E-state index contributed by atoms with van der Waals surface area (Å²) in [6.45, 7) is 3.93. The lowest BCUT2D eigenvalue weighted by atomic mass is 9.46. The molecule has 4 aliphatic carbocycles. The van der Waals surface area contributed by atoms with E-state index in [9.17, 15) is 24.9 Å². The Morgan fingerprint density at radius 3 is 2.68 bits per heavy atom. The summed E-state index contributed by atoms with van der Waals surface area (Å²) in [6, 6.07) is 0. The second kappa shape index (κ2) is 5.04. The molecule has 136 valence electrons. The molecule has 0 aliphatic heterocycles. The molecule has 3 N–H and O–H groups in total. The quantitative estimate of drug-likeness (QED) is 0.676. The van der Waals surface area contributed by atoms with Crippen LogP contribution in [0.2, 0.25) is 0 Å². The number of fused-ring (bicyclic) bond motifs is 5. The highest BCUT2D eigenvalue weighted by atomic mass is 16.4. The number of hydrogen-bond donors (Lipinski definition) is 3. The summed E-state index contributed by atoms with van der Waals surface area (Å²) in [5.74, 6) is -0.976. The molecule has 0 bridgehead atoms. The number of aliphatic hydroxyl groups excluding tert-OH is 1. The number of carbonyl (C=O) groups is 2. The maximum absolute atomic E-state index is 11.8. The van der Waals surface area contributed by atoms with Crippen LogP contribution in [0.3, 0.4) is 0 Å². The number of carboxylic acid groups (broad SMARTS) is 1. The van der Waals surface area contributed by atoms with Crippen LogP contribution in [0.15, 0.2) is 23.8 Å². The van der Waals surface area contributed by atoms with E-state index in [0.29, 0.717) is 6.42 Å². The summed E-state index contributed by atoms with van der Waals surface area (Å²) in [5.41, 5.74) is -1.86. The zero-order chi connectivity index (χ0) is 18.2. The van der Waals surface area contributed by atoms with E-state index < -0.39 is 23.1 Å². The highest BCUT2D eigenvalue weighted by molar-refractivity contribution is 6.01. The lowest BCUT2D eigenvalue weighted by Crippen LogP contribution is -2.61. The molecule has 3 fully saturated rings. The topological polar surface area (TPSA) is 94.8 Å². The van der Waals surface area contributed by atoms with Gasteiger partial charge in [-0.05, 0) is 56.1 Å². The summed E-state index contributed by atoms with van der Waals surface area (Å²) in [6.07, 6.45) is 7.37. The number of allylic oxidation sites excluding steroid dienone is 4. The summed E-state index contributed by atoms with van der Waals surface area (Å²) in [4.78, 5) is 23.6. The van der Waals surface area contributed by atoms with Crippen LogP contribution < -0.4 is 0 Å². The van der Waals surface area contributed by atoms with Gasteiger partial charge in [0.2, 0.25) is 0 Å². The van der Waals surface area contributed by atoms with Gasteiger partial charge in [0.25, 0.3) is 0 Å². The van der Waals surface area contributed by atoms with Crippen molar-refractivity contribution < 1.29 is 24.9 Å². The molecule has 4 aliphatic rings. The molecule has 0 aromatic carbocycles. The van der Waals surface area contributed by atoms with Crippen molar-refractivity contribution in [1.82, 2.24) is 0 Å². The number of aliphatic hydroxyl groups is 2. The van der Waals surface area contributed by atoms with Crippen LogP contribution >= 0.6 is 0 Å². The van der Waals surface area contributed by atoms with Crippen molar-refractivity contribution >= 4 is 11.8 Å². The molecule has 3 saturated carbocycles. The standard InChI is InChI=1S/C20H26O5/c1-18-7-5-12(21)9-11(18)3-4-13-14-6-8-20(25,17(23)24)19(14,2)10-15(22)16(13)18/h5,7,9,13-16,22,25H,3-4,6,8,10H2,1-2H3,(H,23,24)/t13-,14+,15+,16+,18+,19+,20+/m1/s1. The fourth-order valence-electron chi connectivity index (χ4n) is 6.68. The van der Waals surface area contributed by atoms with E-state index in [1.165, 1.54) is 0 Å². The second-order valence-electron chi connectivity index (χ2n) is 8.92. The van der Waals surface area contributed by atoms with Crippen LogP contribution in [-0.2, 0) is 9.59 Å². The van der Waals surface area contributed by atoms with Gasteiger partial charge in [0.15, 0.2) is 11.4 Å². The van der Waals surface area contributed by atoms with Gasteiger partial charge in [-0.25, -0.2) is 4.79 Å². The molecule has 0 heterocycles. The minimum atomic E-state index is -1.76. The maximum Gasteiger partial charge on any atom is 0.336 e. The third-order valence-electron chi connectivity index (χ3n) is 8.00. The Morgan fingerprint density at radius 1 is 1.28 bits per heavy atom. The van der Waals surface area contributed by atoms with Crippen molar-refractivity contribution in [1.29, 1.82) is 0 Å². The highest BCUT2D eigenvalue weighted by Gasteiger charge is 2.68. The Balaban J connectivity index is 1.76. The minimum Gasteiger partial charge on any atom is -0.479 e. The molecule has 0 spiro atoms. The molecular weight excluding hydrogens is 320 g/mol. The molecule has 0 amide bonds. The van der Waals surface area contributed by atoms with E-state index in [-0.39, 0.29) is 41.8 Å². The highest BCUT2D eigenvalue weighted by Crippen LogP contribution is 2.66. The molecule has 0 unspecified atom stereocenters. The van der Waals surface area contributed by atoms with Crippen molar-refractivity contribution in [3.63, 3.8) is 0 Å². The van der Waals surface area contributed by atoms with Gasteiger partial charge in [-0.2, -0.15) is 0 Å². The smallest absolute Gasteiger partial charge is 0.336 e. The van der Waals surface area contributed by atoms with Gasteiger partial charge >= 0.3 is 5.97 Å². The summed E-state index contributed by atoms with van der Waals surface area (Å²) in [7, 11) is 0. The minimum absolute atomic E-state index is 0.00202. The van der Waals surface area contributed by atoms with Crippen molar-refractivity contribution in [2.24, 2.45) is 28.6 Å². The van der Waals surface area contributed by atoms with Crippen molar-refractivity contribution in [2.75, 3.05) is 0 Å². The van der Waals surface area contributed by atoms with Crippen molar-refractivity contribution in [3.05, 3.63) is 23.8 Å². The molecule has 0 aromatic heterocycles. The third-order valence-corrected chi connectivity index (χ3v) is 8.00. The first-order valence-corrected chi connectivity index (χ1v) is 9.21. The zero-order valence-corrected chi connectivity index (χ0v) is 14.7. The number of carbonyl (C=O) groups excluding carboxylic acids is 1. The summed E-state index contributed by atoms with van der Waals surface area (Å²) < 4.78 is 0. The Labute approximate surface area is 147 Å². The van der Waals surface area contributed by atoms with Gasteiger partial charge in [0.05, 0.1) is 6.10 Å². The van der Waals surface area contributed by atoms with Gasteiger partial charge in [0.1, 0.15) is 0 Å². The van der Waals surface area contributed by atoms with Gasteiger partial charge < -0.3 is 15.3 Å². The molecule has 0 radical (unpaired) electrons. The number of ketones is 1. The predicted octanol–water partition coefficient (Wildman–Crippen LogP) is 2.08. The Bertz CT molecular complexity index is 709. The predicted molar refractivity (Wildman–Crippen MR) is 90.6 cm³/mol. The molecule has 7 atom stereocenters. The van der Waals surface area contributed by atoms with Crippen LogP contribution in [0.4, 0.5) is 0 Å². The monoisotopic (exact) mass is 346 g/mol. The SMILES string of the molecule is C[C@]12C=CC(=O)C=C1CC[C@H]1[C@H]2[C@@H](O)C[C@@]2(C)[C@H]1CC[C@]2(O)C(=O)O. The van der Waals surface area contributed by atoms with E-state index in [4.69, 9.17) is 0 Å². The zero-order valence-electron chi connectivity index (χ0n) is 14.7. The molecule has 25 heavy (non-hydrogen) atoms. The number of rotatable bonds is 1. The van der Waals surface area contributed by atoms with Crippen LogP contribution in [0.25, 0.3) is 0 Å². The number of aliphatic carboxylic acids is 1. The Hall–Kier alpha value is -1.46. The van der Waals surface area contributed by atoms with Gasteiger partial charge in [0, 0.05) is 16.7 Å². The number of hydrogen-bond acceptors (Lipinski definition) is 4. The van der Waals surface area contributed by atoms with E-state index >= 15 is 0 Å². The van der Waals surface area contributed by atoms with E-state index in [0.717, 1.165) is 18.4 Å². The van der Waals surface area contributed by atoms with Crippen LogP contribution in [0.1, 0.15) is 46.0 Å².